The summed E-state index contributed by atoms with van der Waals surface area (Å²) in [6, 6.07) is 13.1. The molecule has 4 nitrogen and oxygen atoms in total. The first-order valence-corrected chi connectivity index (χ1v) is 10.1. The maximum atomic E-state index is 12.7. The molecule has 148 valence electrons. The summed E-state index contributed by atoms with van der Waals surface area (Å²) in [5.41, 5.74) is 1.88. The van der Waals surface area contributed by atoms with Crippen LogP contribution in [0.1, 0.15) is 18.4 Å². The second-order valence-corrected chi connectivity index (χ2v) is 7.75. The number of carbonyl (C=O) groups excluding carboxylic acids is 1. The molecule has 0 saturated carbocycles. The van der Waals surface area contributed by atoms with Crippen molar-refractivity contribution in [3.05, 3.63) is 70.7 Å². The van der Waals surface area contributed by atoms with Crippen molar-refractivity contribution in [2.24, 2.45) is 5.92 Å². The van der Waals surface area contributed by atoms with Crippen molar-refractivity contribution in [1.29, 1.82) is 0 Å². The van der Waals surface area contributed by atoms with Gasteiger partial charge in [0.05, 0.1) is 16.0 Å². The number of nitrogens with one attached hydrogen (secondary N) is 1. The molecule has 1 aliphatic heterocycles. The summed E-state index contributed by atoms with van der Waals surface area (Å²) in [5.74, 6) is 0.773. The molecule has 6 heteroatoms. The number of ether oxygens (including phenoxy) is 1. The highest BCUT2D eigenvalue weighted by Crippen LogP contribution is 2.25. The monoisotopic (exact) mass is 418 g/mol. The van der Waals surface area contributed by atoms with Crippen LogP contribution < -0.4 is 10.1 Å². The average Bonchev–Trinajstić information content (AvgIpc) is 2.70. The number of anilines is 1. The van der Waals surface area contributed by atoms with E-state index in [0.29, 0.717) is 16.7 Å². The summed E-state index contributed by atoms with van der Waals surface area (Å²) in [5, 5.41) is 4.13. The van der Waals surface area contributed by atoms with Crippen LogP contribution in [-0.2, 0) is 11.3 Å². The molecule has 1 fully saturated rings. The lowest BCUT2D eigenvalue weighted by Gasteiger charge is -2.32. The average molecular weight is 419 g/mol. The van der Waals surface area contributed by atoms with Gasteiger partial charge >= 0.3 is 0 Å². The molecule has 1 amide bonds. The second kappa shape index (κ2) is 9.97. The zero-order chi connectivity index (χ0) is 19.9. The minimum Gasteiger partial charge on any atom is -0.490 e. The number of benzene rings is 2. The standard InChI is InChI=1S/C22H24Cl2N2O2/c1-2-12-28-19-8-6-18(7-9-19)25-22(27)17-4-3-11-26(15-17)14-16-5-10-20(23)21(24)13-16/h2,5-10,13,17H,1,3-4,11-12,14-15H2,(H,25,27). The zero-order valence-corrected chi connectivity index (χ0v) is 17.2. The highest BCUT2D eigenvalue weighted by Gasteiger charge is 2.26. The predicted molar refractivity (Wildman–Crippen MR) is 115 cm³/mol. The van der Waals surface area contributed by atoms with Crippen LogP contribution in [0.4, 0.5) is 5.69 Å². The van der Waals surface area contributed by atoms with Gasteiger partial charge in [-0.25, -0.2) is 0 Å². The van der Waals surface area contributed by atoms with Gasteiger partial charge in [-0.3, -0.25) is 9.69 Å². The van der Waals surface area contributed by atoms with Gasteiger partial charge in [0, 0.05) is 18.8 Å². The summed E-state index contributed by atoms with van der Waals surface area (Å²) in [6.07, 6.45) is 3.58. The van der Waals surface area contributed by atoms with E-state index in [4.69, 9.17) is 27.9 Å². The Morgan fingerprint density at radius 1 is 1.21 bits per heavy atom. The molecule has 0 aliphatic carbocycles. The molecule has 1 aliphatic rings. The molecule has 2 aromatic rings. The molecule has 28 heavy (non-hydrogen) atoms. The quantitative estimate of drug-likeness (QED) is 0.611. The Hall–Kier alpha value is -2.01. The largest absolute Gasteiger partial charge is 0.490 e. The van der Waals surface area contributed by atoms with Gasteiger partial charge in [0.15, 0.2) is 0 Å². The van der Waals surface area contributed by atoms with E-state index in [1.54, 1.807) is 6.08 Å². The van der Waals surface area contributed by atoms with Crippen LogP contribution in [0.15, 0.2) is 55.1 Å². The van der Waals surface area contributed by atoms with E-state index in [0.717, 1.165) is 49.5 Å². The lowest BCUT2D eigenvalue weighted by molar-refractivity contribution is -0.121. The Bertz CT molecular complexity index is 824. The van der Waals surface area contributed by atoms with Crippen molar-refractivity contribution in [1.82, 2.24) is 4.90 Å². The maximum absolute atomic E-state index is 12.7. The Kier molecular flexibility index (Phi) is 7.37. The van der Waals surface area contributed by atoms with Crippen molar-refractivity contribution in [3.63, 3.8) is 0 Å². The van der Waals surface area contributed by atoms with Crippen LogP contribution in [-0.4, -0.2) is 30.5 Å². The fraction of sp³-hybridized carbons (Fsp3) is 0.318. The third-order valence-corrected chi connectivity index (χ3v) is 5.50. The predicted octanol–water partition coefficient (Wildman–Crippen LogP) is 5.41. The van der Waals surface area contributed by atoms with Crippen LogP contribution in [0.2, 0.25) is 10.0 Å². The van der Waals surface area contributed by atoms with Gasteiger partial charge in [0.2, 0.25) is 5.91 Å². The Morgan fingerprint density at radius 3 is 2.71 bits per heavy atom. The summed E-state index contributed by atoms with van der Waals surface area (Å²) >= 11 is 12.1. The number of nitrogens with zero attached hydrogens (tertiary/aromatic N) is 1. The van der Waals surface area contributed by atoms with Crippen LogP contribution in [0.5, 0.6) is 5.75 Å². The molecule has 1 saturated heterocycles. The van der Waals surface area contributed by atoms with Gasteiger partial charge in [0.1, 0.15) is 12.4 Å². The number of likely N-dealkylation sites (tertiary alicyclic amines) is 1. The van der Waals surface area contributed by atoms with Gasteiger partial charge in [-0.15, -0.1) is 0 Å². The Balaban J connectivity index is 1.55. The number of rotatable bonds is 7. The highest BCUT2D eigenvalue weighted by atomic mass is 35.5. The second-order valence-electron chi connectivity index (χ2n) is 6.94. The summed E-state index contributed by atoms with van der Waals surface area (Å²) in [4.78, 5) is 15.0. The number of amides is 1. The smallest absolute Gasteiger partial charge is 0.228 e. The van der Waals surface area contributed by atoms with E-state index < -0.39 is 0 Å². The van der Waals surface area contributed by atoms with E-state index in [2.05, 4.69) is 16.8 Å². The summed E-state index contributed by atoms with van der Waals surface area (Å²) < 4.78 is 5.46. The van der Waals surface area contributed by atoms with Crippen LogP contribution in [0.3, 0.4) is 0 Å². The summed E-state index contributed by atoms with van der Waals surface area (Å²) in [6.45, 7) is 6.55. The maximum Gasteiger partial charge on any atom is 0.228 e. The summed E-state index contributed by atoms with van der Waals surface area (Å²) in [7, 11) is 0. The van der Waals surface area contributed by atoms with E-state index in [1.165, 1.54) is 0 Å². The molecular weight excluding hydrogens is 395 g/mol. The van der Waals surface area contributed by atoms with Crippen molar-refractivity contribution < 1.29 is 9.53 Å². The normalized spacial score (nSPS) is 17.1. The van der Waals surface area contributed by atoms with Crippen molar-refractivity contribution in [2.45, 2.75) is 19.4 Å². The van der Waals surface area contributed by atoms with Crippen molar-refractivity contribution in [2.75, 3.05) is 25.0 Å². The van der Waals surface area contributed by atoms with Gasteiger partial charge in [-0.2, -0.15) is 0 Å². The first-order chi connectivity index (χ1) is 13.5. The Labute approximate surface area is 176 Å². The number of hydrogen-bond acceptors (Lipinski definition) is 3. The molecule has 1 atom stereocenters. The van der Waals surface area contributed by atoms with Gasteiger partial charge < -0.3 is 10.1 Å². The van der Waals surface area contributed by atoms with E-state index in [9.17, 15) is 4.79 Å². The minimum atomic E-state index is -0.0341. The topological polar surface area (TPSA) is 41.6 Å². The van der Waals surface area contributed by atoms with Crippen LogP contribution in [0, 0.1) is 5.92 Å². The number of hydrogen-bond donors (Lipinski definition) is 1. The molecule has 2 aromatic carbocycles. The van der Waals surface area contributed by atoms with E-state index in [-0.39, 0.29) is 11.8 Å². The first-order valence-electron chi connectivity index (χ1n) is 9.36. The molecule has 1 N–H and O–H groups in total. The fourth-order valence-electron chi connectivity index (χ4n) is 3.34. The van der Waals surface area contributed by atoms with Gasteiger partial charge in [0.25, 0.3) is 0 Å². The lowest BCUT2D eigenvalue weighted by Crippen LogP contribution is -2.40. The molecule has 3 rings (SSSR count). The Morgan fingerprint density at radius 2 is 2.00 bits per heavy atom. The lowest BCUT2D eigenvalue weighted by atomic mass is 9.96. The fourth-order valence-corrected chi connectivity index (χ4v) is 3.66. The molecule has 0 radical (unpaired) electrons. The molecule has 1 unspecified atom stereocenters. The molecule has 1 heterocycles. The first kappa shape index (κ1) is 20.7. The highest BCUT2D eigenvalue weighted by molar-refractivity contribution is 6.42. The number of halogens is 2. The molecular formula is C22H24Cl2N2O2. The van der Waals surface area contributed by atoms with Gasteiger partial charge in [-0.05, 0) is 61.3 Å². The SMILES string of the molecule is C=CCOc1ccc(NC(=O)C2CCCN(Cc3ccc(Cl)c(Cl)c3)C2)cc1. The van der Waals surface area contributed by atoms with E-state index in [1.807, 2.05) is 42.5 Å². The van der Waals surface area contributed by atoms with E-state index >= 15 is 0 Å². The third kappa shape index (κ3) is 5.74. The third-order valence-electron chi connectivity index (χ3n) is 4.76. The van der Waals surface area contributed by atoms with Crippen LogP contribution in [0.25, 0.3) is 0 Å². The van der Waals surface area contributed by atoms with Crippen LogP contribution >= 0.6 is 23.2 Å². The number of piperidine rings is 1. The zero-order valence-electron chi connectivity index (χ0n) is 15.7. The molecule has 0 aromatic heterocycles. The molecule has 0 bridgehead atoms. The van der Waals surface area contributed by atoms with Crippen molar-refractivity contribution in [3.8, 4) is 5.75 Å². The number of carbonyl (C=O) groups is 1. The minimum absolute atomic E-state index is 0.0341. The molecule has 0 spiro atoms. The van der Waals surface area contributed by atoms with Gasteiger partial charge in [-0.1, -0.05) is 41.9 Å². The van der Waals surface area contributed by atoms with Crippen molar-refractivity contribution >= 4 is 34.8 Å².